The number of rotatable bonds is 8. The van der Waals surface area contributed by atoms with Crippen molar-refractivity contribution in [3.05, 3.63) is 82.9 Å². The number of aliphatic carboxylic acids is 1. The summed E-state index contributed by atoms with van der Waals surface area (Å²) in [4.78, 5) is 35.3. The van der Waals surface area contributed by atoms with Crippen LogP contribution in [0.2, 0.25) is 5.02 Å². The SMILES string of the molecule is COc1ccccc1-c1ccc(C[C@H](NC(=O)c2ccc(NC(N)=O)cc2Cl)C(=O)O)cc1. The van der Waals surface area contributed by atoms with Gasteiger partial charge in [0.15, 0.2) is 0 Å². The molecule has 8 nitrogen and oxygen atoms in total. The molecule has 0 radical (unpaired) electrons. The summed E-state index contributed by atoms with van der Waals surface area (Å²) in [6, 6.07) is 17.2. The Kier molecular flexibility index (Phi) is 7.53. The molecule has 0 saturated heterocycles. The van der Waals surface area contributed by atoms with Gasteiger partial charge in [0, 0.05) is 17.7 Å². The summed E-state index contributed by atoms with van der Waals surface area (Å²) < 4.78 is 5.38. The first-order chi connectivity index (χ1) is 15.8. The monoisotopic (exact) mass is 467 g/mol. The molecule has 0 heterocycles. The van der Waals surface area contributed by atoms with Crippen molar-refractivity contribution in [2.45, 2.75) is 12.5 Å². The molecule has 5 N–H and O–H groups in total. The van der Waals surface area contributed by atoms with E-state index in [9.17, 15) is 19.5 Å². The van der Waals surface area contributed by atoms with E-state index in [4.69, 9.17) is 22.1 Å². The predicted molar refractivity (Wildman–Crippen MR) is 126 cm³/mol. The van der Waals surface area contributed by atoms with Gasteiger partial charge in [0.2, 0.25) is 0 Å². The Morgan fingerprint density at radius 1 is 1.06 bits per heavy atom. The van der Waals surface area contributed by atoms with Gasteiger partial charge in [-0.25, -0.2) is 9.59 Å². The number of primary amides is 1. The molecule has 3 aromatic carbocycles. The van der Waals surface area contributed by atoms with E-state index in [1.54, 1.807) is 19.2 Å². The lowest BCUT2D eigenvalue weighted by Gasteiger charge is -2.16. The van der Waals surface area contributed by atoms with Crippen molar-refractivity contribution in [3.8, 4) is 16.9 Å². The van der Waals surface area contributed by atoms with Crippen LogP contribution in [0.3, 0.4) is 0 Å². The second-order valence-corrected chi connectivity index (χ2v) is 7.56. The van der Waals surface area contributed by atoms with Gasteiger partial charge < -0.3 is 26.2 Å². The standard InChI is InChI=1S/C24H22ClN3O5/c1-33-21-5-3-2-4-17(21)15-8-6-14(7-9-15)12-20(23(30)31)28-22(29)18-11-10-16(13-19(18)25)27-24(26)32/h2-11,13,20H,12H2,1H3,(H,28,29)(H,30,31)(H3,26,27,32)/t20-/m0/s1. The van der Waals surface area contributed by atoms with Crippen molar-refractivity contribution in [1.82, 2.24) is 5.32 Å². The number of amides is 3. The van der Waals surface area contributed by atoms with Crippen LogP contribution in [0.1, 0.15) is 15.9 Å². The molecule has 0 spiro atoms. The van der Waals surface area contributed by atoms with E-state index in [-0.39, 0.29) is 17.0 Å². The Bertz CT molecular complexity index is 1180. The number of carbonyl (C=O) groups is 3. The molecule has 3 amide bonds. The maximum Gasteiger partial charge on any atom is 0.326 e. The first-order valence-corrected chi connectivity index (χ1v) is 10.3. The van der Waals surface area contributed by atoms with Crippen molar-refractivity contribution < 1.29 is 24.2 Å². The fraction of sp³-hybridized carbons (Fsp3) is 0.125. The van der Waals surface area contributed by atoms with Crippen LogP contribution in [0.5, 0.6) is 5.75 Å². The minimum atomic E-state index is -1.18. The maximum atomic E-state index is 12.6. The van der Waals surface area contributed by atoms with Gasteiger partial charge in [0.1, 0.15) is 11.8 Å². The van der Waals surface area contributed by atoms with Crippen LogP contribution in [-0.4, -0.2) is 36.2 Å². The van der Waals surface area contributed by atoms with Gasteiger partial charge in [-0.3, -0.25) is 4.79 Å². The van der Waals surface area contributed by atoms with Crippen LogP contribution in [0, 0.1) is 0 Å². The molecule has 0 bridgehead atoms. The number of methoxy groups -OCH3 is 1. The number of halogens is 1. The number of carboxylic acids is 1. The lowest BCUT2D eigenvalue weighted by atomic mass is 10.00. The summed E-state index contributed by atoms with van der Waals surface area (Å²) in [7, 11) is 1.60. The molecule has 1 atom stereocenters. The van der Waals surface area contributed by atoms with Crippen LogP contribution < -0.4 is 21.1 Å². The molecule has 0 aromatic heterocycles. The predicted octanol–water partition coefficient (Wildman–Crippen LogP) is 3.93. The smallest absolute Gasteiger partial charge is 0.326 e. The third-order valence-corrected chi connectivity index (χ3v) is 5.21. The minimum absolute atomic E-state index is 0.0454. The lowest BCUT2D eigenvalue weighted by Crippen LogP contribution is -2.42. The number of nitrogens with one attached hydrogen (secondary N) is 2. The Labute approximate surface area is 195 Å². The van der Waals surface area contributed by atoms with Gasteiger partial charge in [-0.05, 0) is 35.4 Å². The first-order valence-electron chi connectivity index (χ1n) is 9.90. The highest BCUT2D eigenvalue weighted by Crippen LogP contribution is 2.29. The van der Waals surface area contributed by atoms with Crippen molar-refractivity contribution in [3.63, 3.8) is 0 Å². The number of carbonyl (C=O) groups excluding carboxylic acids is 2. The molecule has 0 fully saturated rings. The van der Waals surface area contributed by atoms with Gasteiger partial charge in [-0.15, -0.1) is 0 Å². The molecule has 3 rings (SSSR count). The minimum Gasteiger partial charge on any atom is -0.496 e. The highest BCUT2D eigenvalue weighted by molar-refractivity contribution is 6.34. The van der Waals surface area contributed by atoms with E-state index in [0.29, 0.717) is 5.69 Å². The Morgan fingerprint density at radius 2 is 1.76 bits per heavy atom. The van der Waals surface area contributed by atoms with Crippen molar-refractivity contribution in [2.75, 3.05) is 12.4 Å². The number of urea groups is 1. The number of para-hydroxylation sites is 1. The zero-order chi connectivity index (χ0) is 24.0. The maximum absolute atomic E-state index is 12.6. The van der Waals surface area contributed by atoms with Crippen LogP contribution >= 0.6 is 11.6 Å². The quantitative estimate of drug-likeness (QED) is 0.398. The van der Waals surface area contributed by atoms with Gasteiger partial charge >= 0.3 is 12.0 Å². The van der Waals surface area contributed by atoms with Crippen LogP contribution in [-0.2, 0) is 11.2 Å². The summed E-state index contributed by atoms with van der Waals surface area (Å²) in [5, 5.41) is 14.5. The Balaban J connectivity index is 1.73. The number of hydrogen-bond donors (Lipinski definition) is 4. The molecule has 0 saturated carbocycles. The summed E-state index contributed by atoms with van der Waals surface area (Å²) in [6.07, 6.45) is 0.0756. The van der Waals surface area contributed by atoms with Gasteiger partial charge in [-0.2, -0.15) is 0 Å². The third-order valence-electron chi connectivity index (χ3n) is 4.90. The van der Waals surface area contributed by atoms with E-state index >= 15 is 0 Å². The molecule has 170 valence electrons. The number of ether oxygens (including phenoxy) is 1. The summed E-state index contributed by atoms with van der Waals surface area (Å²) >= 11 is 6.12. The fourth-order valence-corrected chi connectivity index (χ4v) is 3.56. The lowest BCUT2D eigenvalue weighted by molar-refractivity contribution is -0.139. The highest BCUT2D eigenvalue weighted by Gasteiger charge is 2.22. The van der Waals surface area contributed by atoms with E-state index in [2.05, 4.69) is 10.6 Å². The summed E-state index contributed by atoms with van der Waals surface area (Å²) in [5.74, 6) is -1.10. The molecule has 0 aliphatic carbocycles. The van der Waals surface area contributed by atoms with E-state index < -0.39 is 23.9 Å². The van der Waals surface area contributed by atoms with Crippen LogP contribution in [0.4, 0.5) is 10.5 Å². The fourth-order valence-electron chi connectivity index (χ4n) is 3.29. The molecule has 3 aromatic rings. The number of carboxylic acid groups (broad SMARTS) is 1. The average molecular weight is 468 g/mol. The molecule has 33 heavy (non-hydrogen) atoms. The van der Waals surface area contributed by atoms with Gasteiger partial charge in [0.05, 0.1) is 17.7 Å². The number of anilines is 1. The zero-order valence-electron chi connectivity index (χ0n) is 17.7. The highest BCUT2D eigenvalue weighted by atomic mass is 35.5. The number of nitrogens with two attached hydrogens (primary N) is 1. The zero-order valence-corrected chi connectivity index (χ0v) is 18.4. The molecule has 0 aliphatic rings. The van der Waals surface area contributed by atoms with E-state index in [1.165, 1.54) is 18.2 Å². The Hall–Kier alpha value is -4.04. The van der Waals surface area contributed by atoms with Crippen molar-refractivity contribution >= 4 is 35.2 Å². The molecular formula is C24H22ClN3O5. The summed E-state index contributed by atoms with van der Waals surface area (Å²) in [6.45, 7) is 0. The Morgan fingerprint density at radius 3 is 2.36 bits per heavy atom. The van der Waals surface area contributed by atoms with Crippen LogP contribution in [0.25, 0.3) is 11.1 Å². The molecule has 9 heteroatoms. The summed E-state index contributed by atoms with van der Waals surface area (Å²) in [5.41, 5.74) is 8.01. The molecule has 0 unspecified atom stereocenters. The second-order valence-electron chi connectivity index (χ2n) is 7.15. The molecular weight excluding hydrogens is 446 g/mol. The van der Waals surface area contributed by atoms with Gasteiger partial charge in [0.25, 0.3) is 5.91 Å². The van der Waals surface area contributed by atoms with Crippen molar-refractivity contribution in [2.24, 2.45) is 5.73 Å². The average Bonchev–Trinajstić information content (AvgIpc) is 2.78. The van der Waals surface area contributed by atoms with E-state index in [0.717, 1.165) is 22.4 Å². The van der Waals surface area contributed by atoms with E-state index in [1.807, 2.05) is 36.4 Å². The topological polar surface area (TPSA) is 131 Å². The normalized spacial score (nSPS) is 11.3. The van der Waals surface area contributed by atoms with Crippen LogP contribution in [0.15, 0.2) is 66.7 Å². The van der Waals surface area contributed by atoms with Crippen molar-refractivity contribution in [1.29, 1.82) is 0 Å². The number of benzene rings is 3. The second kappa shape index (κ2) is 10.5. The first kappa shape index (κ1) is 23.6. The number of hydrogen-bond acceptors (Lipinski definition) is 4. The molecule has 0 aliphatic heterocycles. The van der Waals surface area contributed by atoms with Gasteiger partial charge in [-0.1, -0.05) is 54.1 Å². The third kappa shape index (κ3) is 6.02. The largest absolute Gasteiger partial charge is 0.496 e.